The Morgan fingerprint density at radius 2 is 1.90 bits per heavy atom. The molecule has 0 radical (unpaired) electrons. The monoisotopic (exact) mass is 424 g/mol. The first-order valence-electron chi connectivity index (χ1n) is 9.42. The summed E-state index contributed by atoms with van der Waals surface area (Å²) >= 11 is 0. The van der Waals surface area contributed by atoms with Gasteiger partial charge in [0.1, 0.15) is 22.9 Å². The van der Waals surface area contributed by atoms with Crippen LogP contribution in [0.3, 0.4) is 0 Å². The van der Waals surface area contributed by atoms with E-state index >= 15 is 0 Å². The maximum absolute atomic E-state index is 14.8. The number of aromatic nitrogens is 5. The molecule has 0 atom stereocenters. The molecule has 158 valence electrons. The second-order valence-electron chi connectivity index (χ2n) is 7.20. The number of carboxylic acids is 1. The van der Waals surface area contributed by atoms with Crippen LogP contribution < -0.4 is 5.32 Å². The zero-order chi connectivity index (χ0) is 22.3. The first kappa shape index (κ1) is 20.3. The highest BCUT2D eigenvalue weighted by molar-refractivity contribution is 5.88. The van der Waals surface area contributed by atoms with Crippen LogP contribution in [0, 0.1) is 18.6 Å². The van der Waals surface area contributed by atoms with Crippen LogP contribution in [0.15, 0.2) is 36.7 Å². The minimum absolute atomic E-state index is 0.0134. The van der Waals surface area contributed by atoms with E-state index in [0.29, 0.717) is 11.3 Å². The Kier molecular flexibility index (Phi) is 5.05. The van der Waals surface area contributed by atoms with Gasteiger partial charge in [0.2, 0.25) is 5.95 Å². The summed E-state index contributed by atoms with van der Waals surface area (Å²) in [5, 5.41) is 11.8. The van der Waals surface area contributed by atoms with Crippen LogP contribution in [-0.4, -0.2) is 35.6 Å². The molecule has 0 spiro atoms. The molecule has 0 amide bonds. The van der Waals surface area contributed by atoms with E-state index in [1.807, 2.05) is 18.4 Å². The molecule has 0 saturated carbocycles. The molecule has 3 heterocycles. The van der Waals surface area contributed by atoms with Crippen molar-refractivity contribution in [3.8, 4) is 11.3 Å². The summed E-state index contributed by atoms with van der Waals surface area (Å²) in [6, 6.07) is 5.47. The van der Waals surface area contributed by atoms with Gasteiger partial charge in [-0.25, -0.2) is 33.5 Å². The van der Waals surface area contributed by atoms with Crippen molar-refractivity contribution in [3.05, 3.63) is 59.7 Å². The average molecular weight is 424 g/mol. The molecule has 0 saturated heterocycles. The fourth-order valence-corrected chi connectivity index (χ4v) is 3.43. The number of aromatic carboxylic acids is 1. The smallest absolute Gasteiger partial charge is 0.335 e. The lowest BCUT2D eigenvalue weighted by Crippen LogP contribution is -2.04. The van der Waals surface area contributed by atoms with Crippen molar-refractivity contribution < 1.29 is 18.7 Å². The Balaban J connectivity index is 1.78. The molecule has 1 aromatic carbocycles. The van der Waals surface area contributed by atoms with Gasteiger partial charge in [-0.15, -0.1) is 0 Å². The highest BCUT2D eigenvalue weighted by Gasteiger charge is 2.18. The first-order valence-corrected chi connectivity index (χ1v) is 9.42. The first-order chi connectivity index (χ1) is 14.7. The predicted molar refractivity (Wildman–Crippen MR) is 110 cm³/mol. The van der Waals surface area contributed by atoms with Crippen LogP contribution in [-0.2, 0) is 0 Å². The summed E-state index contributed by atoms with van der Waals surface area (Å²) in [4.78, 5) is 27.5. The van der Waals surface area contributed by atoms with Crippen molar-refractivity contribution in [3.63, 3.8) is 0 Å². The fraction of sp³-hybridized carbons (Fsp3) is 0.190. The van der Waals surface area contributed by atoms with Crippen molar-refractivity contribution in [1.29, 1.82) is 0 Å². The van der Waals surface area contributed by atoms with Crippen LogP contribution in [0.1, 0.15) is 36.1 Å². The van der Waals surface area contributed by atoms with Gasteiger partial charge in [0.15, 0.2) is 11.6 Å². The van der Waals surface area contributed by atoms with Crippen LogP contribution in [0.2, 0.25) is 0 Å². The zero-order valence-corrected chi connectivity index (χ0v) is 16.9. The minimum Gasteiger partial charge on any atom is -0.478 e. The van der Waals surface area contributed by atoms with Gasteiger partial charge in [-0.05, 0) is 45.0 Å². The number of carbonyl (C=O) groups is 1. The van der Waals surface area contributed by atoms with E-state index < -0.39 is 17.6 Å². The lowest BCUT2D eigenvalue weighted by Gasteiger charge is -2.12. The van der Waals surface area contributed by atoms with Gasteiger partial charge in [0, 0.05) is 17.8 Å². The maximum Gasteiger partial charge on any atom is 0.335 e. The van der Waals surface area contributed by atoms with E-state index in [1.54, 1.807) is 13.0 Å². The number of rotatable bonds is 5. The van der Waals surface area contributed by atoms with Crippen molar-refractivity contribution in [2.45, 2.75) is 26.8 Å². The van der Waals surface area contributed by atoms with Gasteiger partial charge in [-0.1, -0.05) is 0 Å². The third-order valence-electron chi connectivity index (χ3n) is 4.71. The highest BCUT2D eigenvalue weighted by Crippen LogP contribution is 2.30. The number of nitrogens with zero attached hydrogens (tertiary/aromatic N) is 5. The molecular weight excluding hydrogens is 406 g/mol. The molecule has 3 aromatic heterocycles. The number of pyridine rings is 1. The Labute approximate surface area is 175 Å². The van der Waals surface area contributed by atoms with E-state index in [2.05, 4.69) is 25.3 Å². The third-order valence-corrected chi connectivity index (χ3v) is 4.71. The Morgan fingerprint density at radius 1 is 1.13 bits per heavy atom. The summed E-state index contributed by atoms with van der Waals surface area (Å²) in [6.45, 7) is 5.68. The Bertz CT molecular complexity index is 1320. The van der Waals surface area contributed by atoms with Gasteiger partial charge in [0.05, 0.1) is 17.3 Å². The fourth-order valence-electron chi connectivity index (χ4n) is 3.43. The quantitative estimate of drug-likeness (QED) is 0.486. The number of halogens is 2. The molecule has 0 unspecified atom stereocenters. The zero-order valence-electron chi connectivity index (χ0n) is 16.9. The van der Waals surface area contributed by atoms with E-state index in [-0.39, 0.29) is 40.1 Å². The number of carboxylic acid groups (broad SMARTS) is 1. The lowest BCUT2D eigenvalue weighted by atomic mass is 10.1. The van der Waals surface area contributed by atoms with E-state index in [9.17, 15) is 13.6 Å². The lowest BCUT2D eigenvalue weighted by molar-refractivity contribution is 0.0697. The molecule has 4 rings (SSSR count). The van der Waals surface area contributed by atoms with Crippen LogP contribution >= 0.6 is 0 Å². The number of imidazole rings is 1. The normalized spacial score (nSPS) is 11.3. The summed E-state index contributed by atoms with van der Waals surface area (Å²) in [7, 11) is 0. The Morgan fingerprint density at radius 3 is 2.61 bits per heavy atom. The molecule has 0 bridgehead atoms. The molecule has 31 heavy (non-hydrogen) atoms. The maximum atomic E-state index is 14.8. The van der Waals surface area contributed by atoms with Crippen LogP contribution in [0.25, 0.3) is 22.3 Å². The number of aryl methyl sites for hydroxylation is 1. The summed E-state index contributed by atoms with van der Waals surface area (Å²) in [5.41, 5.74) is 0.872. The number of nitrogens with one attached hydrogen (secondary N) is 1. The van der Waals surface area contributed by atoms with Crippen molar-refractivity contribution >= 4 is 28.8 Å². The minimum atomic E-state index is -1.12. The predicted octanol–water partition coefficient (Wildman–Crippen LogP) is 4.50. The SMILES string of the molecule is Cc1nc2c(F)cc(-c3nc(Nc4cc(C(=O)O)ccn4)ncc3F)cc2n1C(C)C. The molecule has 0 aliphatic carbocycles. The second kappa shape index (κ2) is 7.71. The van der Waals surface area contributed by atoms with Gasteiger partial charge < -0.3 is 15.0 Å². The number of hydrogen-bond donors (Lipinski definition) is 2. The summed E-state index contributed by atoms with van der Waals surface area (Å²) < 4.78 is 31.2. The van der Waals surface area contributed by atoms with Crippen LogP contribution in [0.4, 0.5) is 20.5 Å². The Hall–Kier alpha value is -3.95. The van der Waals surface area contributed by atoms with Crippen molar-refractivity contribution in [1.82, 2.24) is 24.5 Å². The van der Waals surface area contributed by atoms with Gasteiger partial charge in [-0.3, -0.25) is 0 Å². The van der Waals surface area contributed by atoms with Crippen molar-refractivity contribution in [2.24, 2.45) is 0 Å². The van der Waals surface area contributed by atoms with E-state index in [4.69, 9.17) is 5.11 Å². The topological polar surface area (TPSA) is 106 Å². The molecule has 0 fully saturated rings. The molecule has 2 N–H and O–H groups in total. The van der Waals surface area contributed by atoms with Crippen LogP contribution in [0.5, 0.6) is 0 Å². The number of anilines is 2. The number of hydrogen-bond acceptors (Lipinski definition) is 6. The number of fused-ring (bicyclic) bond motifs is 1. The molecule has 0 aliphatic heterocycles. The number of benzene rings is 1. The molecule has 10 heteroatoms. The third kappa shape index (κ3) is 3.79. The van der Waals surface area contributed by atoms with Gasteiger partial charge >= 0.3 is 5.97 Å². The largest absolute Gasteiger partial charge is 0.478 e. The van der Waals surface area contributed by atoms with Gasteiger partial charge in [0.25, 0.3) is 0 Å². The molecule has 8 nitrogen and oxygen atoms in total. The second-order valence-corrected chi connectivity index (χ2v) is 7.20. The molecule has 0 aliphatic rings. The molecular formula is C21H18F2N6O2. The highest BCUT2D eigenvalue weighted by atomic mass is 19.1. The van der Waals surface area contributed by atoms with E-state index in [1.165, 1.54) is 24.4 Å². The summed E-state index contributed by atoms with van der Waals surface area (Å²) in [5.74, 6) is -1.63. The average Bonchev–Trinajstić information content (AvgIpc) is 3.06. The van der Waals surface area contributed by atoms with Crippen molar-refractivity contribution in [2.75, 3.05) is 5.32 Å². The molecule has 4 aromatic rings. The summed E-state index contributed by atoms with van der Waals surface area (Å²) in [6.07, 6.45) is 2.27. The van der Waals surface area contributed by atoms with Gasteiger partial charge in [-0.2, -0.15) is 0 Å². The standard InChI is InChI=1S/C21H18F2N6O2/c1-10(2)29-11(3)26-19-14(22)6-13(7-16(19)29)18-15(23)9-25-21(28-18)27-17-8-12(20(30)31)4-5-24-17/h4-10H,1-3H3,(H,30,31)(H,24,25,27,28). The van der Waals surface area contributed by atoms with E-state index in [0.717, 1.165) is 6.20 Å².